The summed E-state index contributed by atoms with van der Waals surface area (Å²) in [6, 6.07) is 15.2. The lowest BCUT2D eigenvalue weighted by molar-refractivity contribution is -0.384. The van der Waals surface area contributed by atoms with Crippen LogP contribution in [-0.4, -0.2) is 21.9 Å². The fourth-order valence-corrected chi connectivity index (χ4v) is 4.80. The maximum atomic E-state index is 13.4. The number of nitro groups is 1. The number of nitro benzene ring substituents is 1. The van der Waals surface area contributed by atoms with Crippen molar-refractivity contribution in [1.29, 1.82) is 0 Å². The van der Waals surface area contributed by atoms with E-state index in [0.29, 0.717) is 6.54 Å². The fourth-order valence-electron chi connectivity index (χ4n) is 4.80. The minimum Gasteiger partial charge on any atom is -0.335 e. The van der Waals surface area contributed by atoms with Crippen molar-refractivity contribution < 1.29 is 9.72 Å². The van der Waals surface area contributed by atoms with Gasteiger partial charge in [0.2, 0.25) is 0 Å². The number of hydrogen-bond donors (Lipinski definition) is 1. The Bertz CT molecular complexity index is 891. The predicted molar refractivity (Wildman–Crippen MR) is 116 cm³/mol. The zero-order chi connectivity index (χ0) is 20.9. The van der Waals surface area contributed by atoms with Crippen LogP contribution in [0.2, 0.25) is 0 Å². The number of carbonyl (C=O) groups is 1. The van der Waals surface area contributed by atoms with Crippen LogP contribution in [0, 0.1) is 10.1 Å². The average Bonchev–Trinajstić information content (AvgIpc) is 2.78. The van der Waals surface area contributed by atoms with Gasteiger partial charge >= 0.3 is 6.03 Å². The number of non-ortho nitro benzene ring substituents is 1. The molecule has 2 aromatic rings. The number of amides is 2. The first-order valence-electron chi connectivity index (χ1n) is 11.0. The molecule has 158 valence electrons. The molecule has 0 spiro atoms. The molecule has 2 amide bonds. The minimum atomic E-state index is -0.394. The number of rotatable bonds is 5. The summed E-state index contributed by atoms with van der Waals surface area (Å²) in [4.78, 5) is 25.9. The Hall–Kier alpha value is -2.89. The summed E-state index contributed by atoms with van der Waals surface area (Å²) in [7, 11) is 0. The second-order valence-electron chi connectivity index (χ2n) is 8.44. The van der Waals surface area contributed by atoms with Gasteiger partial charge < -0.3 is 10.2 Å². The molecule has 4 rings (SSSR count). The van der Waals surface area contributed by atoms with Gasteiger partial charge in [-0.15, -0.1) is 0 Å². The Morgan fingerprint density at radius 1 is 1.00 bits per heavy atom. The van der Waals surface area contributed by atoms with Gasteiger partial charge in [-0.05, 0) is 48.8 Å². The van der Waals surface area contributed by atoms with Gasteiger partial charge in [-0.2, -0.15) is 0 Å². The molecule has 0 aromatic heterocycles. The Kier molecular flexibility index (Phi) is 6.31. The lowest BCUT2D eigenvalue weighted by Gasteiger charge is -2.37. The van der Waals surface area contributed by atoms with E-state index in [2.05, 4.69) is 23.5 Å². The molecule has 1 N–H and O–H groups in total. The molecule has 2 aliphatic carbocycles. The molecule has 0 radical (unpaired) electrons. The van der Waals surface area contributed by atoms with E-state index in [0.717, 1.165) is 37.7 Å². The minimum absolute atomic E-state index is 0.0220. The van der Waals surface area contributed by atoms with Crippen molar-refractivity contribution in [3.63, 3.8) is 0 Å². The van der Waals surface area contributed by atoms with Crippen molar-refractivity contribution in [1.82, 2.24) is 10.2 Å². The van der Waals surface area contributed by atoms with Crippen molar-refractivity contribution in [3.05, 3.63) is 75.3 Å². The molecule has 30 heavy (non-hydrogen) atoms. The largest absolute Gasteiger partial charge is 0.335 e. The molecular weight excluding hydrogens is 378 g/mol. The number of nitrogens with one attached hydrogen (secondary N) is 1. The molecule has 2 aromatic carbocycles. The average molecular weight is 408 g/mol. The first kappa shape index (κ1) is 20.4. The zero-order valence-corrected chi connectivity index (χ0v) is 17.3. The number of nitrogens with zero attached hydrogens (tertiary/aromatic N) is 2. The van der Waals surface area contributed by atoms with E-state index in [4.69, 9.17) is 0 Å². The SMILES string of the molecule is O=C(NC1CCCCC1)N(Cc1ccc([N+](=O)[O-])cc1)C1CCCc2ccccc21. The second-order valence-corrected chi connectivity index (χ2v) is 8.44. The van der Waals surface area contributed by atoms with Gasteiger partial charge in [0.25, 0.3) is 5.69 Å². The standard InChI is InChI=1S/C24H29N3O3/c28-24(25-20-9-2-1-3-10-20)26(17-18-13-15-21(16-14-18)27(29)30)23-12-6-8-19-7-4-5-11-22(19)23/h4-5,7,11,13-16,20,23H,1-3,6,8-10,12,17H2,(H,25,28). The van der Waals surface area contributed by atoms with Gasteiger partial charge in [0.1, 0.15) is 0 Å². The highest BCUT2D eigenvalue weighted by atomic mass is 16.6. The van der Waals surface area contributed by atoms with Crippen LogP contribution in [0.25, 0.3) is 0 Å². The molecule has 2 aliphatic rings. The number of urea groups is 1. The summed E-state index contributed by atoms with van der Waals surface area (Å²) < 4.78 is 0. The molecule has 0 saturated heterocycles. The van der Waals surface area contributed by atoms with E-state index in [1.165, 1.54) is 42.5 Å². The normalized spacial score (nSPS) is 19.0. The Morgan fingerprint density at radius 3 is 2.47 bits per heavy atom. The highest BCUT2D eigenvalue weighted by Crippen LogP contribution is 2.35. The van der Waals surface area contributed by atoms with E-state index in [1.807, 2.05) is 11.0 Å². The van der Waals surface area contributed by atoms with Crippen molar-refractivity contribution >= 4 is 11.7 Å². The van der Waals surface area contributed by atoms with Crippen molar-refractivity contribution in [3.8, 4) is 0 Å². The molecule has 6 heteroatoms. The van der Waals surface area contributed by atoms with E-state index < -0.39 is 4.92 Å². The van der Waals surface area contributed by atoms with Gasteiger partial charge in [-0.3, -0.25) is 10.1 Å². The zero-order valence-electron chi connectivity index (χ0n) is 17.3. The van der Waals surface area contributed by atoms with Gasteiger partial charge in [0.15, 0.2) is 0 Å². The first-order valence-corrected chi connectivity index (χ1v) is 11.0. The van der Waals surface area contributed by atoms with Crippen LogP contribution in [-0.2, 0) is 13.0 Å². The summed E-state index contributed by atoms with van der Waals surface area (Å²) in [5, 5.41) is 14.3. The lowest BCUT2D eigenvalue weighted by atomic mass is 9.86. The lowest BCUT2D eigenvalue weighted by Crippen LogP contribution is -2.47. The highest BCUT2D eigenvalue weighted by molar-refractivity contribution is 5.75. The van der Waals surface area contributed by atoms with Gasteiger partial charge in [0, 0.05) is 24.7 Å². The summed E-state index contributed by atoms with van der Waals surface area (Å²) in [6.07, 6.45) is 8.68. The molecule has 0 aliphatic heterocycles. The van der Waals surface area contributed by atoms with Crippen LogP contribution in [0.5, 0.6) is 0 Å². The summed E-state index contributed by atoms with van der Waals surface area (Å²) in [6.45, 7) is 0.440. The van der Waals surface area contributed by atoms with Gasteiger partial charge in [-0.1, -0.05) is 55.7 Å². The second kappa shape index (κ2) is 9.28. The van der Waals surface area contributed by atoms with Crippen LogP contribution in [0.15, 0.2) is 48.5 Å². The van der Waals surface area contributed by atoms with Crippen molar-refractivity contribution in [2.45, 2.75) is 70.0 Å². The van der Waals surface area contributed by atoms with Crippen LogP contribution in [0.4, 0.5) is 10.5 Å². The molecule has 1 atom stereocenters. The van der Waals surface area contributed by atoms with E-state index in [9.17, 15) is 14.9 Å². The van der Waals surface area contributed by atoms with Crippen LogP contribution < -0.4 is 5.32 Å². The Morgan fingerprint density at radius 2 is 1.73 bits per heavy atom. The maximum Gasteiger partial charge on any atom is 0.318 e. The van der Waals surface area contributed by atoms with E-state index in [1.54, 1.807) is 12.1 Å². The number of carbonyl (C=O) groups excluding carboxylic acids is 1. The van der Waals surface area contributed by atoms with E-state index >= 15 is 0 Å². The monoisotopic (exact) mass is 407 g/mol. The van der Waals surface area contributed by atoms with Crippen LogP contribution in [0.1, 0.15) is 67.7 Å². The van der Waals surface area contributed by atoms with E-state index in [-0.39, 0.29) is 23.8 Å². The quantitative estimate of drug-likeness (QED) is 0.524. The van der Waals surface area contributed by atoms with Crippen LogP contribution >= 0.6 is 0 Å². The van der Waals surface area contributed by atoms with Crippen LogP contribution in [0.3, 0.4) is 0 Å². The maximum absolute atomic E-state index is 13.4. The van der Waals surface area contributed by atoms with Crippen molar-refractivity contribution in [2.75, 3.05) is 0 Å². The molecule has 1 unspecified atom stereocenters. The molecule has 1 saturated carbocycles. The van der Waals surface area contributed by atoms with Gasteiger partial charge in [0.05, 0.1) is 11.0 Å². The fraction of sp³-hybridized carbons (Fsp3) is 0.458. The summed E-state index contributed by atoms with van der Waals surface area (Å²) in [5.41, 5.74) is 3.51. The van der Waals surface area contributed by atoms with Gasteiger partial charge in [-0.25, -0.2) is 4.79 Å². The number of hydrogen-bond acceptors (Lipinski definition) is 3. The smallest absolute Gasteiger partial charge is 0.318 e. The third-order valence-electron chi connectivity index (χ3n) is 6.41. The molecule has 0 heterocycles. The van der Waals surface area contributed by atoms with Crippen molar-refractivity contribution in [2.24, 2.45) is 0 Å². The number of aryl methyl sites for hydroxylation is 1. The molecular formula is C24H29N3O3. The molecule has 1 fully saturated rings. The molecule has 6 nitrogen and oxygen atoms in total. The number of fused-ring (bicyclic) bond motifs is 1. The predicted octanol–water partition coefficient (Wildman–Crippen LogP) is 5.52. The number of benzene rings is 2. The summed E-state index contributed by atoms with van der Waals surface area (Å²) in [5.74, 6) is 0. The highest BCUT2D eigenvalue weighted by Gasteiger charge is 2.30. The Balaban J connectivity index is 1.59. The Labute approximate surface area is 177 Å². The third kappa shape index (κ3) is 4.64. The first-order chi connectivity index (χ1) is 14.6. The topological polar surface area (TPSA) is 75.5 Å². The summed E-state index contributed by atoms with van der Waals surface area (Å²) >= 11 is 0. The molecule has 0 bridgehead atoms. The third-order valence-corrected chi connectivity index (χ3v) is 6.41.